The highest BCUT2D eigenvalue weighted by Crippen LogP contribution is 2.00. The molecule has 0 bridgehead atoms. The Hall–Kier alpha value is -3.22. The summed E-state index contributed by atoms with van der Waals surface area (Å²) in [5.41, 5.74) is 3.97. The van der Waals surface area contributed by atoms with Gasteiger partial charge in [-0.3, -0.25) is 9.78 Å². The van der Waals surface area contributed by atoms with Crippen LogP contribution < -0.4 is 10.7 Å². The molecule has 2 N–H and O–H groups in total. The SMILES string of the molecule is O=C(CNC(=O)OCc1ccccc1)N/N=C\c1ccncc1. The maximum atomic E-state index is 11.5. The molecule has 23 heavy (non-hydrogen) atoms. The zero-order valence-corrected chi connectivity index (χ0v) is 12.3. The van der Waals surface area contributed by atoms with E-state index in [0.29, 0.717) is 0 Å². The van der Waals surface area contributed by atoms with Crippen LogP contribution in [-0.2, 0) is 16.1 Å². The van der Waals surface area contributed by atoms with Gasteiger partial charge in [-0.2, -0.15) is 5.10 Å². The third-order valence-corrected chi connectivity index (χ3v) is 2.72. The van der Waals surface area contributed by atoms with Crippen LogP contribution in [-0.4, -0.2) is 29.7 Å². The first-order valence-corrected chi connectivity index (χ1v) is 6.90. The van der Waals surface area contributed by atoms with E-state index in [4.69, 9.17) is 4.74 Å². The summed E-state index contributed by atoms with van der Waals surface area (Å²) < 4.78 is 4.98. The van der Waals surface area contributed by atoms with Gasteiger partial charge in [-0.1, -0.05) is 30.3 Å². The molecule has 1 heterocycles. The molecule has 0 spiro atoms. The van der Waals surface area contributed by atoms with Crippen molar-refractivity contribution >= 4 is 18.2 Å². The summed E-state index contributed by atoms with van der Waals surface area (Å²) in [5.74, 6) is -0.452. The van der Waals surface area contributed by atoms with Crippen LogP contribution in [0, 0.1) is 0 Å². The maximum absolute atomic E-state index is 11.5. The molecule has 0 aliphatic heterocycles. The minimum absolute atomic E-state index is 0.147. The van der Waals surface area contributed by atoms with Crippen LogP contribution in [0.15, 0.2) is 60.0 Å². The van der Waals surface area contributed by atoms with Crippen molar-refractivity contribution < 1.29 is 14.3 Å². The van der Waals surface area contributed by atoms with Crippen LogP contribution >= 0.6 is 0 Å². The van der Waals surface area contributed by atoms with Gasteiger partial charge in [0.15, 0.2) is 0 Å². The summed E-state index contributed by atoms with van der Waals surface area (Å²) in [6.07, 6.45) is 4.05. The number of pyridine rings is 1. The van der Waals surface area contributed by atoms with Crippen molar-refractivity contribution in [2.24, 2.45) is 5.10 Å². The molecular formula is C16H16N4O3. The number of nitrogens with zero attached hydrogens (tertiary/aromatic N) is 2. The molecule has 2 amide bonds. The van der Waals surface area contributed by atoms with Crippen molar-refractivity contribution in [2.45, 2.75) is 6.61 Å². The van der Waals surface area contributed by atoms with Crippen LogP contribution in [0.25, 0.3) is 0 Å². The summed E-state index contributed by atoms with van der Waals surface area (Å²) in [6, 6.07) is 12.8. The van der Waals surface area contributed by atoms with Gasteiger partial charge >= 0.3 is 6.09 Å². The maximum Gasteiger partial charge on any atom is 0.407 e. The van der Waals surface area contributed by atoms with E-state index in [1.807, 2.05) is 30.3 Å². The van der Waals surface area contributed by atoms with Gasteiger partial charge in [-0.25, -0.2) is 10.2 Å². The Labute approximate surface area is 133 Å². The van der Waals surface area contributed by atoms with Crippen LogP contribution in [0.1, 0.15) is 11.1 Å². The summed E-state index contributed by atoms with van der Waals surface area (Å²) in [5, 5.41) is 6.11. The second-order valence-electron chi connectivity index (χ2n) is 4.49. The largest absolute Gasteiger partial charge is 0.445 e. The Balaban J connectivity index is 1.64. The first-order valence-electron chi connectivity index (χ1n) is 6.90. The molecule has 0 atom stereocenters. The molecule has 0 saturated heterocycles. The number of rotatable bonds is 6. The molecule has 118 valence electrons. The van der Waals surface area contributed by atoms with Crippen molar-refractivity contribution in [1.82, 2.24) is 15.7 Å². The number of nitrogens with one attached hydrogen (secondary N) is 2. The van der Waals surface area contributed by atoms with Gasteiger partial charge in [0, 0.05) is 12.4 Å². The van der Waals surface area contributed by atoms with Crippen molar-refractivity contribution in [2.75, 3.05) is 6.54 Å². The minimum Gasteiger partial charge on any atom is -0.445 e. The molecule has 0 saturated carbocycles. The molecule has 7 nitrogen and oxygen atoms in total. The second kappa shape index (κ2) is 8.93. The van der Waals surface area contributed by atoms with Crippen LogP contribution in [0.2, 0.25) is 0 Å². The first-order chi connectivity index (χ1) is 11.2. The molecule has 0 radical (unpaired) electrons. The van der Waals surface area contributed by atoms with E-state index < -0.39 is 12.0 Å². The predicted octanol–water partition coefficient (Wildman–Crippen LogP) is 1.46. The molecule has 1 aromatic carbocycles. The lowest BCUT2D eigenvalue weighted by Crippen LogP contribution is -2.35. The fraction of sp³-hybridized carbons (Fsp3) is 0.125. The molecule has 0 aliphatic rings. The highest BCUT2D eigenvalue weighted by atomic mass is 16.5. The molecule has 0 unspecified atom stereocenters. The van der Waals surface area contributed by atoms with E-state index in [-0.39, 0.29) is 13.2 Å². The van der Waals surface area contributed by atoms with Crippen molar-refractivity contribution in [3.05, 3.63) is 66.0 Å². The number of amides is 2. The Kier molecular flexibility index (Phi) is 6.27. The summed E-state index contributed by atoms with van der Waals surface area (Å²) in [6.45, 7) is -0.0736. The third-order valence-electron chi connectivity index (χ3n) is 2.72. The quantitative estimate of drug-likeness (QED) is 0.624. The molecule has 7 heteroatoms. The van der Waals surface area contributed by atoms with Crippen LogP contribution in [0.5, 0.6) is 0 Å². The van der Waals surface area contributed by atoms with E-state index in [1.54, 1.807) is 24.5 Å². The number of ether oxygens (including phenoxy) is 1. The topological polar surface area (TPSA) is 92.7 Å². The lowest BCUT2D eigenvalue weighted by molar-refractivity contribution is -0.120. The fourth-order valence-corrected chi connectivity index (χ4v) is 1.59. The highest BCUT2D eigenvalue weighted by Gasteiger charge is 2.05. The molecule has 1 aromatic heterocycles. The lowest BCUT2D eigenvalue weighted by Gasteiger charge is -2.06. The van der Waals surface area contributed by atoms with E-state index >= 15 is 0 Å². The van der Waals surface area contributed by atoms with Gasteiger partial charge in [0.1, 0.15) is 13.2 Å². The zero-order chi connectivity index (χ0) is 16.3. The fourth-order valence-electron chi connectivity index (χ4n) is 1.59. The van der Waals surface area contributed by atoms with Gasteiger partial charge in [-0.15, -0.1) is 0 Å². The average molecular weight is 312 g/mol. The smallest absolute Gasteiger partial charge is 0.407 e. The number of hydrogen-bond acceptors (Lipinski definition) is 5. The Morgan fingerprint density at radius 2 is 1.87 bits per heavy atom. The van der Waals surface area contributed by atoms with Crippen LogP contribution in [0.4, 0.5) is 4.79 Å². The van der Waals surface area contributed by atoms with E-state index in [2.05, 4.69) is 20.8 Å². The summed E-state index contributed by atoms with van der Waals surface area (Å²) >= 11 is 0. The van der Waals surface area contributed by atoms with Crippen LogP contribution in [0.3, 0.4) is 0 Å². The van der Waals surface area contributed by atoms with Gasteiger partial charge < -0.3 is 10.1 Å². The number of hydrazone groups is 1. The van der Waals surface area contributed by atoms with Gasteiger partial charge in [0.05, 0.1) is 6.21 Å². The third kappa shape index (κ3) is 6.38. The number of alkyl carbamates (subject to hydrolysis) is 1. The molecule has 0 aliphatic carbocycles. The lowest BCUT2D eigenvalue weighted by atomic mass is 10.2. The zero-order valence-electron chi connectivity index (χ0n) is 12.3. The standard InChI is InChI=1S/C16H16N4O3/c21-15(20-19-10-13-6-8-17-9-7-13)11-18-16(22)23-12-14-4-2-1-3-5-14/h1-10H,11-12H2,(H,18,22)(H,20,21)/b19-10-. The second-order valence-corrected chi connectivity index (χ2v) is 4.49. The minimum atomic E-state index is -0.665. The number of aromatic nitrogens is 1. The monoisotopic (exact) mass is 312 g/mol. The number of hydrogen-bond donors (Lipinski definition) is 2. The average Bonchev–Trinajstić information content (AvgIpc) is 2.60. The Bertz CT molecular complexity index is 660. The van der Waals surface area contributed by atoms with Gasteiger partial charge in [0.2, 0.25) is 0 Å². The van der Waals surface area contributed by atoms with Crippen molar-refractivity contribution in [3.8, 4) is 0 Å². The van der Waals surface area contributed by atoms with Gasteiger partial charge in [0.25, 0.3) is 5.91 Å². The molecule has 0 fully saturated rings. The summed E-state index contributed by atoms with van der Waals surface area (Å²) in [7, 11) is 0. The van der Waals surface area contributed by atoms with E-state index in [1.165, 1.54) is 6.21 Å². The van der Waals surface area contributed by atoms with E-state index in [9.17, 15) is 9.59 Å². The Morgan fingerprint density at radius 3 is 2.61 bits per heavy atom. The number of carbonyl (C=O) groups excluding carboxylic acids is 2. The molecule has 2 aromatic rings. The van der Waals surface area contributed by atoms with Crippen molar-refractivity contribution in [3.63, 3.8) is 0 Å². The highest BCUT2D eigenvalue weighted by molar-refractivity contribution is 5.84. The van der Waals surface area contributed by atoms with Crippen molar-refractivity contribution in [1.29, 1.82) is 0 Å². The number of carbonyl (C=O) groups is 2. The van der Waals surface area contributed by atoms with E-state index in [0.717, 1.165) is 11.1 Å². The molecule has 2 rings (SSSR count). The normalized spacial score (nSPS) is 10.3. The Morgan fingerprint density at radius 1 is 1.13 bits per heavy atom. The first kappa shape index (κ1) is 16.2. The van der Waals surface area contributed by atoms with Gasteiger partial charge in [-0.05, 0) is 23.3 Å². The predicted molar refractivity (Wildman–Crippen MR) is 84.6 cm³/mol. The summed E-state index contributed by atoms with van der Waals surface area (Å²) in [4.78, 5) is 26.8. The molecular weight excluding hydrogens is 296 g/mol. The number of benzene rings is 1.